The first-order chi connectivity index (χ1) is 13.0. The van der Waals surface area contributed by atoms with Crippen molar-refractivity contribution in [1.82, 2.24) is 4.98 Å². The lowest BCUT2D eigenvalue weighted by Crippen LogP contribution is -2.15. The minimum absolute atomic E-state index is 0.00261. The highest BCUT2D eigenvalue weighted by Gasteiger charge is 2.14. The van der Waals surface area contributed by atoms with Crippen molar-refractivity contribution in [3.8, 4) is 5.75 Å². The fourth-order valence-electron chi connectivity index (χ4n) is 2.37. The first-order valence-electron chi connectivity index (χ1n) is 7.99. The summed E-state index contributed by atoms with van der Waals surface area (Å²) in [6.07, 6.45) is 3.36. The van der Waals surface area contributed by atoms with Crippen molar-refractivity contribution in [2.24, 2.45) is 0 Å². The Labute approximate surface area is 164 Å². The number of ether oxygens (including phenoxy) is 1. The van der Waals surface area contributed by atoms with Gasteiger partial charge in [0.15, 0.2) is 0 Å². The molecular weight excluding hydrogens is 412 g/mol. The van der Waals surface area contributed by atoms with Crippen LogP contribution in [0.5, 0.6) is 5.75 Å². The molecule has 6 nitrogen and oxygen atoms in total. The van der Waals surface area contributed by atoms with Crippen molar-refractivity contribution >= 4 is 33.5 Å². The normalized spacial score (nSPS) is 10.3. The molecular formula is C20H15BrN2O4. The average molecular weight is 427 g/mol. The fraction of sp³-hybridized carbons (Fsp3) is 0.0500. The number of nitrogens with zero attached hydrogens (tertiary/aromatic N) is 1. The molecule has 0 aliphatic heterocycles. The van der Waals surface area contributed by atoms with E-state index in [1.807, 2.05) is 12.1 Å². The molecule has 0 radical (unpaired) electrons. The molecule has 3 aromatic rings. The summed E-state index contributed by atoms with van der Waals surface area (Å²) in [5.41, 5.74) is 1.55. The fourth-order valence-corrected chi connectivity index (χ4v) is 2.73. The van der Waals surface area contributed by atoms with E-state index in [1.165, 1.54) is 12.1 Å². The summed E-state index contributed by atoms with van der Waals surface area (Å²) in [6.45, 7) is 0.351. The number of pyridine rings is 1. The van der Waals surface area contributed by atoms with Gasteiger partial charge < -0.3 is 15.2 Å². The van der Waals surface area contributed by atoms with Crippen LogP contribution in [0.25, 0.3) is 0 Å². The van der Waals surface area contributed by atoms with Gasteiger partial charge in [-0.15, -0.1) is 0 Å². The summed E-state index contributed by atoms with van der Waals surface area (Å²) in [6, 6.07) is 15.0. The summed E-state index contributed by atoms with van der Waals surface area (Å²) in [4.78, 5) is 27.8. The van der Waals surface area contributed by atoms with E-state index in [4.69, 9.17) is 4.74 Å². The van der Waals surface area contributed by atoms with Crippen LogP contribution in [0.15, 0.2) is 71.5 Å². The van der Waals surface area contributed by atoms with Crippen LogP contribution in [0.2, 0.25) is 0 Å². The zero-order chi connectivity index (χ0) is 19.2. The monoisotopic (exact) mass is 426 g/mol. The number of anilines is 1. The molecule has 0 spiro atoms. The van der Waals surface area contributed by atoms with Gasteiger partial charge in [-0.05, 0) is 54.1 Å². The van der Waals surface area contributed by atoms with Gasteiger partial charge in [-0.1, -0.05) is 22.0 Å². The van der Waals surface area contributed by atoms with Crippen LogP contribution in [-0.4, -0.2) is 22.0 Å². The van der Waals surface area contributed by atoms with Crippen molar-refractivity contribution in [2.75, 3.05) is 5.32 Å². The lowest BCUT2D eigenvalue weighted by molar-refractivity contribution is 0.0698. The molecule has 2 N–H and O–H groups in total. The Morgan fingerprint density at radius 2 is 1.85 bits per heavy atom. The smallest absolute Gasteiger partial charge is 0.337 e. The molecule has 1 aromatic heterocycles. The molecule has 0 atom stereocenters. The van der Waals surface area contributed by atoms with Crippen LogP contribution in [0.3, 0.4) is 0 Å². The van der Waals surface area contributed by atoms with Gasteiger partial charge >= 0.3 is 5.97 Å². The third-order valence-corrected chi connectivity index (χ3v) is 4.20. The van der Waals surface area contributed by atoms with Gasteiger partial charge in [0.25, 0.3) is 5.91 Å². The molecule has 0 fully saturated rings. The Bertz CT molecular complexity index is 977. The van der Waals surface area contributed by atoms with Gasteiger partial charge in [0, 0.05) is 22.4 Å². The molecule has 136 valence electrons. The zero-order valence-corrected chi connectivity index (χ0v) is 15.6. The molecule has 0 saturated carbocycles. The lowest BCUT2D eigenvalue weighted by atomic mass is 10.1. The number of carbonyl (C=O) groups excluding carboxylic acids is 1. The zero-order valence-electron chi connectivity index (χ0n) is 14.1. The van der Waals surface area contributed by atoms with Crippen LogP contribution >= 0.6 is 15.9 Å². The molecule has 2 aromatic carbocycles. The average Bonchev–Trinajstić information content (AvgIpc) is 2.68. The van der Waals surface area contributed by atoms with Crippen molar-refractivity contribution in [1.29, 1.82) is 0 Å². The van der Waals surface area contributed by atoms with Crippen LogP contribution < -0.4 is 10.1 Å². The quantitative estimate of drug-likeness (QED) is 0.610. The Kier molecular flexibility index (Phi) is 5.83. The summed E-state index contributed by atoms with van der Waals surface area (Å²) in [7, 11) is 0. The van der Waals surface area contributed by atoms with Crippen molar-refractivity contribution in [3.63, 3.8) is 0 Å². The number of nitrogens with one attached hydrogen (secondary N) is 1. The second kappa shape index (κ2) is 8.46. The van der Waals surface area contributed by atoms with Crippen LogP contribution in [-0.2, 0) is 6.61 Å². The molecule has 0 aliphatic carbocycles. The maximum absolute atomic E-state index is 12.5. The summed E-state index contributed by atoms with van der Waals surface area (Å²) in [5, 5.41) is 11.9. The maximum Gasteiger partial charge on any atom is 0.337 e. The van der Waals surface area contributed by atoms with Gasteiger partial charge in [-0.3, -0.25) is 9.78 Å². The Morgan fingerprint density at radius 1 is 1.07 bits per heavy atom. The summed E-state index contributed by atoms with van der Waals surface area (Å²) in [5.74, 6) is -1.01. The van der Waals surface area contributed by atoms with E-state index in [1.54, 1.807) is 42.7 Å². The number of aromatic carboxylic acids is 1. The van der Waals surface area contributed by atoms with E-state index in [-0.39, 0.29) is 11.3 Å². The number of carbonyl (C=O) groups is 2. The summed E-state index contributed by atoms with van der Waals surface area (Å²) < 4.78 is 6.32. The van der Waals surface area contributed by atoms with E-state index in [9.17, 15) is 14.7 Å². The minimum atomic E-state index is -1.12. The molecule has 1 heterocycles. The minimum Gasteiger partial charge on any atom is -0.489 e. The highest BCUT2D eigenvalue weighted by atomic mass is 79.9. The number of carboxylic acid groups (broad SMARTS) is 1. The molecule has 1 amide bonds. The van der Waals surface area contributed by atoms with Gasteiger partial charge in [-0.2, -0.15) is 0 Å². The Morgan fingerprint density at radius 3 is 2.59 bits per heavy atom. The van der Waals surface area contributed by atoms with Crippen LogP contribution in [0.4, 0.5) is 5.69 Å². The van der Waals surface area contributed by atoms with Gasteiger partial charge in [0.2, 0.25) is 0 Å². The standard InChI is InChI=1S/C20H15BrN2O4/c21-15-4-5-18(17(11-15)20(25)26)23-19(24)14-2-1-3-16(10-14)27-12-13-6-8-22-9-7-13/h1-11H,12H2,(H,23,24)(H,25,26). The van der Waals surface area contributed by atoms with Crippen LogP contribution in [0, 0.1) is 0 Å². The molecule has 7 heteroatoms. The van der Waals surface area contributed by atoms with E-state index >= 15 is 0 Å². The van der Waals surface area contributed by atoms with E-state index in [0.29, 0.717) is 22.4 Å². The first-order valence-corrected chi connectivity index (χ1v) is 8.78. The topological polar surface area (TPSA) is 88.5 Å². The van der Waals surface area contributed by atoms with Gasteiger partial charge in [-0.25, -0.2) is 4.79 Å². The third-order valence-electron chi connectivity index (χ3n) is 3.71. The number of aromatic nitrogens is 1. The number of hydrogen-bond donors (Lipinski definition) is 2. The first kappa shape index (κ1) is 18.6. The van der Waals surface area contributed by atoms with Crippen molar-refractivity contribution in [2.45, 2.75) is 6.61 Å². The SMILES string of the molecule is O=C(Nc1ccc(Br)cc1C(=O)O)c1cccc(OCc2ccncc2)c1. The number of benzene rings is 2. The largest absolute Gasteiger partial charge is 0.489 e. The number of amides is 1. The highest BCUT2D eigenvalue weighted by Crippen LogP contribution is 2.23. The van der Waals surface area contributed by atoms with E-state index in [0.717, 1.165) is 5.56 Å². The molecule has 0 unspecified atom stereocenters. The molecule has 27 heavy (non-hydrogen) atoms. The number of rotatable bonds is 6. The van der Waals surface area contributed by atoms with Gasteiger partial charge in [0.05, 0.1) is 11.3 Å². The number of carboxylic acids is 1. The summed E-state index contributed by atoms with van der Waals surface area (Å²) >= 11 is 3.23. The van der Waals surface area contributed by atoms with Gasteiger partial charge in [0.1, 0.15) is 12.4 Å². The predicted molar refractivity (Wildman–Crippen MR) is 104 cm³/mol. The molecule has 3 rings (SSSR count). The second-order valence-electron chi connectivity index (χ2n) is 5.62. The van der Waals surface area contributed by atoms with E-state index in [2.05, 4.69) is 26.2 Å². The molecule has 0 bridgehead atoms. The van der Waals surface area contributed by atoms with Crippen molar-refractivity contribution in [3.05, 3.63) is 88.2 Å². The van der Waals surface area contributed by atoms with Crippen molar-refractivity contribution < 1.29 is 19.4 Å². The maximum atomic E-state index is 12.5. The number of hydrogen-bond acceptors (Lipinski definition) is 4. The van der Waals surface area contributed by atoms with Crippen LogP contribution in [0.1, 0.15) is 26.3 Å². The number of halogens is 1. The second-order valence-corrected chi connectivity index (χ2v) is 6.54. The van der Waals surface area contributed by atoms with E-state index < -0.39 is 11.9 Å². The highest BCUT2D eigenvalue weighted by molar-refractivity contribution is 9.10. The molecule has 0 saturated heterocycles. The lowest BCUT2D eigenvalue weighted by Gasteiger charge is -2.11. The Hall–Kier alpha value is -3.19. The third kappa shape index (κ3) is 4.92. The Balaban J connectivity index is 1.73. The molecule has 0 aliphatic rings. The predicted octanol–water partition coefficient (Wildman–Crippen LogP) is 4.37.